The van der Waals surface area contributed by atoms with Crippen molar-refractivity contribution in [2.45, 2.75) is 38.4 Å². The maximum Gasteiger partial charge on any atom is 0.255 e. The van der Waals surface area contributed by atoms with Gasteiger partial charge in [0.05, 0.1) is 0 Å². The molecule has 0 spiro atoms. The fourth-order valence-corrected chi connectivity index (χ4v) is 4.52. The van der Waals surface area contributed by atoms with Crippen LogP contribution < -0.4 is 16.0 Å². The van der Waals surface area contributed by atoms with Gasteiger partial charge >= 0.3 is 0 Å². The molecule has 0 bridgehead atoms. The molecule has 1 atom stereocenters. The molecule has 2 aromatic carbocycles. The second-order valence-electron chi connectivity index (χ2n) is 7.71. The molecule has 0 saturated carbocycles. The van der Waals surface area contributed by atoms with E-state index in [-0.39, 0.29) is 24.1 Å². The summed E-state index contributed by atoms with van der Waals surface area (Å²) < 4.78 is 0. The van der Waals surface area contributed by atoms with E-state index < -0.39 is 6.04 Å². The molecule has 3 aliphatic rings. The quantitative estimate of drug-likeness (QED) is 0.695. The smallest absolute Gasteiger partial charge is 0.255 e. The first kappa shape index (κ1) is 17.7. The van der Waals surface area contributed by atoms with Crippen LogP contribution in [0, 0.1) is 0 Å². The molecule has 3 amide bonds. The minimum atomic E-state index is -0.586. The Bertz CT molecular complexity index is 1030. The van der Waals surface area contributed by atoms with Gasteiger partial charge in [0.25, 0.3) is 5.91 Å². The first-order valence-electron chi connectivity index (χ1n) is 9.97. The lowest BCUT2D eigenvalue weighted by Crippen LogP contribution is -2.52. The highest BCUT2D eigenvalue weighted by Crippen LogP contribution is 2.32. The zero-order valence-electron chi connectivity index (χ0n) is 16.0. The lowest BCUT2D eigenvalue weighted by atomic mass is 10.0. The first-order valence-corrected chi connectivity index (χ1v) is 9.97. The standard InChI is InChI=1S/C22H22N4O3/c27-20-8-7-19(21(28)25-20)26-12-16-13(3-1-4-14(16)22(26)29)11-24-18-6-2-5-17-15(18)9-10-23-17/h1-6,19,23-24H,7-12H2,(H,25,27,28). The minimum absolute atomic E-state index is 0.138. The summed E-state index contributed by atoms with van der Waals surface area (Å²) in [4.78, 5) is 38.2. The van der Waals surface area contributed by atoms with E-state index in [0.717, 1.165) is 29.8 Å². The number of imide groups is 1. The molecule has 3 aliphatic heterocycles. The van der Waals surface area contributed by atoms with E-state index in [9.17, 15) is 14.4 Å². The van der Waals surface area contributed by atoms with Gasteiger partial charge in [0.15, 0.2) is 0 Å². The van der Waals surface area contributed by atoms with Crippen molar-refractivity contribution in [1.82, 2.24) is 10.2 Å². The summed E-state index contributed by atoms with van der Waals surface area (Å²) in [5, 5.41) is 9.25. The third kappa shape index (κ3) is 3.03. The second-order valence-corrected chi connectivity index (χ2v) is 7.71. The number of nitrogens with one attached hydrogen (secondary N) is 3. The summed E-state index contributed by atoms with van der Waals surface area (Å²) in [5.41, 5.74) is 6.23. The second kappa shape index (κ2) is 6.92. The fourth-order valence-electron chi connectivity index (χ4n) is 4.52. The van der Waals surface area contributed by atoms with Crippen LogP contribution >= 0.6 is 0 Å². The number of fused-ring (bicyclic) bond motifs is 2. The Labute approximate surface area is 168 Å². The monoisotopic (exact) mass is 390 g/mol. The molecule has 1 saturated heterocycles. The fraction of sp³-hybridized carbons (Fsp3) is 0.318. The van der Waals surface area contributed by atoms with Crippen LogP contribution in [0.25, 0.3) is 0 Å². The molecular formula is C22H22N4O3. The maximum absolute atomic E-state index is 12.9. The molecule has 2 aromatic rings. The normalized spacial score (nSPS) is 20.2. The van der Waals surface area contributed by atoms with E-state index in [1.165, 1.54) is 11.3 Å². The van der Waals surface area contributed by atoms with Gasteiger partial charge in [-0.15, -0.1) is 0 Å². The van der Waals surface area contributed by atoms with Crippen LogP contribution in [0.15, 0.2) is 36.4 Å². The van der Waals surface area contributed by atoms with E-state index >= 15 is 0 Å². The summed E-state index contributed by atoms with van der Waals surface area (Å²) in [6.07, 6.45) is 1.63. The number of amides is 3. The van der Waals surface area contributed by atoms with Gasteiger partial charge in [0.1, 0.15) is 6.04 Å². The molecule has 1 fully saturated rings. The number of hydrogen-bond acceptors (Lipinski definition) is 5. The Morgan fingerprint density at radius 2 is 1.90 bits per heavy atom. The zero-order valence-corrected chi connectivity index (χ0v) is 16.0. The lowest BCUT2D eigenvalue weighted by molar-refractivity contribution is -0.136. The molecule has 29 heavy (non-hydrogen) atoms. The summed E-state index contributed by atoms with van der Waals surface area (Å²) in [6, 6.07) is 11.3. The van der Waals surface area contributed by atoms with Crippen molar-refractivity contribution in [2.24, 2.45) is 0 Å². The summed E-state index contributed by atoms with van der Waals surface area (Å²) >= 11 is 0. The Morgan fingerprint density at radius 1 is 1.03 bits per heavy atom. The van der Waals surface area contributed by atoms with Crippen LogP contribution in [0.5, 0.6) is 0 Å². The van der Waals surface area contributed by atoms with E-state index in [2.05, 4.69) is 28.1 Å². The maximum atomic E-state index is 12.9. The molecule has 0 aliphatic carbocycles. The van der Waals surface area contributed by atoms with Crippen molar-refractivity contribution in [2.75, 3.05) is 17.2 Å². The van der Waals surface area contributed by atoms with Crippen LogP contribution in [0.3, 0.4) is 0 Å². The largest absolute Gasteiger partial charge is 0.384 e. The van der Waals surface area contributed by atoms with Crippen LogP contribution in [0.4, 0.5) is 11.4 Å². The van der Waals surface area contributed by atoms with Gasteiger partial charge in [-0.05, 0) is 42.2 Å². The van der Waals surface area contributed by atoms with Crippen LogP contribution in [-0.2, 0) is 29.1 Å². The van der Waals surface area contributed by atoms with Gasteiger partial charge < -0.3 is 15.5 Å². The Morgan fingerprint density at radius 3 is 2.76 bits per heavy atom. The third-order valence-corrected chi connectivity index (χ3v) is 6.01. The number of anilines is 2. The molecule has 3 heterocycles. The van der Waals surface area contributed by atoms with E-state index in [0.29, 0.717) is 25.1 Å². The number of carbonyl (C=O) groups excluding carboxylic acids is 3. The number of piperidine rings is 1. The van der Waals surface area contributed by atoms with Crippen molar-refractivity contribution in [3.63, 3.8) is 0 Å². The average molecular weight is 390 g/mol. The van der Waals surface area contributed by atoms with Gasteiger partial charge in [0.2, 0.25) is 11.8 Å². The van der Waals surface area contributed by atoms with Crippen LogP contribution in [0.1, 0.15) is 39.9 Å². The van der Waals surface area contributed by atoms with Crippen molar-refractivity contribution < 1.29 is 14.4 Å². The van der Waals surface area contributed by atoms with Gasteiger partial charge in [-0.1, -0.05) is 18.2 Å². The van der Waals surface area contributed by atoms with Gasteiger partial charge in [0, 0.05) is 48.6 Å². The highest BCUT2D eigenvalue weighted by Gasteiger charge is 2.39. The number of hydrogen-bond donors (Lipinski definition) is 3. The third-order valence-electron chi connectivity index (χ3n) is 6.01. The molecule has 0 aromatic heterocycles. The highest BCUT2D eigenvalue weighted by molar-refractivity contribution is 6.05. The van der Waals surface area contributed by atoms with Crippen molar-refractivity contribution >= 4 is 29.1 Å². The average Bonchev–Trinajstić information content (AvgIpc) is 3.32. The van der Waals surface area contributed by atoms with Crippen LogP contribution in [0.2, 0.25) is 0 Å². The highest BCUT2D eigenvalue weighted by atomic mass is 16.2. The molecule has 0 radical (unpaired) electrons. The Balaban J connectivity index is 1.37. The molecule has 3 N–H and O–H groups in total. The van der Waals surface area contributed by atoms with Crippen molar-refractivity contribution in [3.05, 3.63) is 58.7 Å². The van der Waals surface area contributed by atoms with E-state index in [1.54, 1.807) is 4.90 Å². The van der Waals surface area contributed by atoms with Gasteiger partial charge in [-0.25, -0.2) is 0 Å². The SMILES string of the molecule is O=C1CCC(N2Cc3c(CNc4cccc5c4CCN5)cccc3C2=O)C(=O)N1. The summed E-state index contributed by atoms with van der Waals surface area (Å²) in [7, 11) is 0. The molecule has 5 rings (SSSR count). The van der Waals surface area contributed by atoms with Crippen LogP contribution in [-0.4, -0.2) is 35.2 Å². The van der Waals surface area contributed by atoms with Gasteiger partial charge in [-0.2, -0.15) is 0 Å². The Kier molecular flexibility index (Phi) is 4.23. The summed E-state index contributed by atoms with van der Waals surface area (Å²) in [5.74, 6) is -0.791. The Hall–Kier alpha value is -3.35. The lowest BCUT2D eigenvalue weighted by Gasteiger charge is -2.29. The van der Waals surface area contributed by atoms with Gasteiger partial charge in [-0.3, -0.25) is 19.7 Å². The molecule has 1 unspecified atom stereocenters. The zero-order chi connectivity index (χ0) is 20.0. The summed E-state index contributed by atoms with van der Waals surface area (Å²) in [6.45, 7) is 1.95. The van der Waals surface area contributed by atoms with Crippen molar-refractivity contribution in [1.29, 1.82) is 0 Å². The number of nitrogens with zero attached hydrogens (tertiary/aromatic N) is 1. The number of benzene rings is 2. The number of rotatable bonds is 4. The predicted octanol–water partition coefficient (Wildman–Crippen LogP) is 2.03. The first-order chi connectivity index (χ1) is 14.1. The van der Waals surface area contributed by atoms with Crippen molar-refractivity contribution in [3.8, 4) is 0 Å². The molecule has 7 nitrogen and oxygen atoms in total. The molecular weight excluding hydrogens is 368 g/mol. The van der Waals surface area contributed by atoms with E-state index in [4.69, 9.17) is 0 Å². The minimum Gasteiger partial charge on any atom is -0.384 e. The topological polar surface area (TPSA) is 90.5 Å². The molecule has 7 heteroatoms. The van der Waals surface area contributed by atoms with E-state index in [1.807, 2.05) is 24.3 Å². The number of carbonyl (C=O) groups is 3. The molecule has 148 valence electrons. The predicted molar refractivity (Wildman–Crippen MR) is 108 cm³/mol.